The van der Waals surface area contributed by atoms with Gasteiger partial charge in [-0.1, -0.05) is 24.3 Å². The Morgan fingerprint density at radius 3 is 2.25 bits per heavy atom. The maximum atomic E-state index is 11.3. The molecule has 0 fully saturated rings. The fraction of sp³-hybridized carbons (Fsp3) is 0.500. The van der Waals surface area contributed by atoms with Crippen molar-refractivity contribution in [2.75, 3.05) is 13.2 Å². The van der Waals surface area contributed by atoms with Crippen molar-refractivity contribution in [1.29, 1.82) is 0 Å². The highest BCUT2D eigenvalue weighted by Crippen LogP contribution is 2.30. The van der Waals surface area contributed by atoms with Crippen molar-refractivity contribution in [1.82, 2.24) is 0 Å². The lowest BCUT2D eigenvalue weighted by atomic mass is 10.1. The smallest absolute Gasteiger partial charge is 0.255 e. The summed E-state index contributed by atoms with van der Waals surface area (Å²) >= 11 is 0. The summed E-state index contributed by atoms with van der Waals surface area (Å²) in [5, 5.41) is 0. The van der Waals surface area contributed by atoms with Crippen LogP contribution < -0.4 is 0 Å². The zero-order valence-corrected chi connectivity index (χ0v) is 10.5. The number of ether oxygens (including phenoxy) is 2. The van der Waals surface area contributed by atoms with E-state index in [1.54, 1.807) is 0 Å². The molecule has 3 nitrogen and oxygen atoms in total. The second kappa shape index (κ2) is 6.74. The van der Waals surface area contributed by atoms with E-state index in [4.69, 9.17) is 9.47 Å². The zero-order chi connectivity index (χ0) is 11.9. The summed E-state index contributed by atoms with van der Waals surface area (Å²) in [5.74, 6) is 0. The van der Waals surface area contributed by atoms with Gasteiger partial charge in [0.1, 0.15) is 0 Å². The van der Waals surface area contributed by atoms with Gasteiger partial charge in [-0.05, 0) is 25.5 Å². The van der Waals surface area contributed by atoms with E-state index < -0.39 is 5.53 Å². The molecule has 1 rings (SSSR count). The lowest BCUT2D eigenvalue weighted by Crippen LogP contribution is -2.32. The Bertz CT molecular complexity index is 307. The van der Waals surface area contributed by atoms with E-state index in [-0.39, 0.29) is 8.46 Å². The van der Waals surface area contributed by atoms with Gasteiger partial charge >= 0.3 is 0 Å². The van der Waals surface area contributed by atoms with Crippen LogP contribution in [0.25, 0.3) is 0 Å². The molecule has 0 saturated heterocycles. The summed E-state index contributed by atoms with van der Waals surface area (Å²) in [4.78, 5) is 0. The molecule has 0 atom stereocenters. The Balaban J connectivity index is 2.80. The quantitative estimate of drug-likeness (QED) is 0.542. The van der Waals surface area contributed by atoms with E-state index >= 15 is 0 Å². The van der Waals surface area contributed by atoms with Gasteiger partial charge in [-0.3, -0.25) is 4.57 Å². The minimum Gasteiger partial charge on any atom is -0.340 e. The molecule has 16 heavy (non-hydrogen) atoms. The molecule has 0 aromatic heterocycles. The molecule has 0 N–H and O–H groups in total. The standard InChI is InChI=1S/C12H16O3P/c1-3-14-12(16-13,15-4-2)10-11-8-6-5-7-9-11/h6-9H,3-4,10H2,1-2H3. The van der Waals surface area contributed by atoms with Crippen molar-refractivity contribution in [2.24, 2.45) is 0 Å². The molecule has 0 spiro atoms. The molecule has 1 aromatic carbocycles. The van der Waals surface area contributed by atoms with Crippen molar-refractivity contribution in [2.45, 2.75) is 25.8 Å². The van der Waals surface area contributed by atoms with Crippen LogP contribution in [0.3, 0.4) is 0 Å². The summed E-state index contributed by atoms with van der Waals surface area (Å²) in [7, 11) is -0.145. The van der Waals surface area contributed by atoms with Crippen LogP contribution in [0, 0.1) is 6.07 Å². The summed E-state index contributed by atoms with van der Waals surface area (Å²) in [5.41, 5.74) is -0.0331. The highest BCUT2D eigenvalue weighted by molar-refractivity contribution is 7.25. The van der Waals surface area contributed by atoms with Gasteiger partial charge in [0.05, 0.1) is 0 Å². The first-order valence-corrected chi connectivity index (χ1v) is 6.15. The summed E-state index contributed by atoms with van der Waals surface area (Å²) in [6.07, 6.45) is 0.467. The van der Waals surface area contributed by atoms with Crippen molar-refractivity contribution >= 4 is 8.46 Å². The third kappa shape index (κ3) is 3.67. The molecule has 0 amide bonds. The largest absolute Gasteiger partial charge is 0.340 e. The maximum Gasteiger partial charge on any atom is 0.255 e. The lowest BCUT2D eigenvalue weighted by Gasteiger charge is -2.26. The highest BCUT2D eigenvalue weighted by atomic mass is 31.1. The molecule has 0 aliphatic rings. The molecule has 0 aliphatic heterocycles. The van der Waals surface area contributed by atoms with Gasteiger partial charge in [0.25, 0.3) is 5.53 Å². The van der Waals surface area contributed by atoms with Crippen molar-refractivity contribution in [3.8, 4) is 0 Å². The number of rotatable bonds is 7. The summed E-state index contributed by atoms with van der Waals surface area (Å²) in [6, 6.07) is 10.4. The Kier molecular flexibility index (Phi) is 5.61. The molecule has 87 valence electrons. The van der Waals surface area contributed by atoms with Crippen LogP contribution in [0.5, 0.6) is 0 Å². The predicted octanol–water partition coefficient (Wildman–Crippen LogP) is 3.05. The van der Waals surface area contributed by atoms with Crippen LogP contribution in [-0.4, -0.2) is 18.7 Å². The van der Waals surface area contributed by atoms with Crippen molar-refractivity contribution < 1.29 is 14.0 Å². The third-order valence-electron chi connectivity index (χ3n) is 2.09. The first-order valence-electron chi connectivity index (χ1n) is 5.33. The fourth-order valence-electron chi connectivity index (χ4n) is 1.48. The predicted molar refractivity (Wildman–Crippen MR) is 62.6 cm³/mol. The summed E-state index contributed by atoms with van der Waals surface area (Å²) in [6.45, 7) is 4.65. The van der Waals surface area contributed by atoms with Gasteiger partial charge in [0, 0.05) is 19.6 Å². The second-order valence-electron chi connectivity index (χ2n) is 3.26. The summed E-state index contributed by atoms with van der Waals surface area (Å²) < 4.78 is 22.2. The van der Waals surface area contributed by atoms with E-state index in [1.165, 1.54) is 0 Å². The molecule has 1 radical (unpaired) electrons. The van der Waals surface area contributed by atoms with Crippen molar-refractivity contribution in [3.63, 3.8) is 0 Å². The number of hydrogen-bond donors (Lipinski definition) is 0. The normalized spacial score (nSPS) is 11.9. The van der Waals surface area contributed by atoms with Gasteiger partial charge in [0.2, 0.25) is 8.46 Å². The van der Waals surface area contributed by atoms with Crippen LogP contribution in [-0.2, 0) is 20.5 Å². The Morgan fingerprint density at radius 2 is 1.81 bits per heavy atom. The fourth-order valence-corrected chi connectivity index (χ4v) is 2.09. The van der Waals surface area contributed by atoms with E-state index in [1.807, 2.05) is 38.1 Å². The number of benzene rings is 1. The van der Waals surface area contributed by atoms with Gasteiger partial charge < -0.3 is 9.47 Å². The van der Waals surface area contributed by atoms with Gasteiger partial charge in [0.15, 0.2) is 0 Å². The van der Waals surface area contributed by atoms with E-state index in [0.717, 1.165) is 5.56 Å². The van der Waals surface area contributed by atoms with Crippen LogP contribution in [0.4, 0.5) is 0 Å². The Hall–Kier alpha value is -0.760. The SMILES string of the molecule is CCOC(Cc1cc[c]cc1)(OCC)P=O. The second-order valence-corrected chi connectivity index (χ2v) is 4.12. The van der Waals surface area contributed by atoms with Crippen LogP contribution >= 0.6 is 8.46 Å². The highest BCUT2D eigenvalue weighted by Gasteiger charge is 2.32. The minimum atomic E-state index is -1.05. The van der Waals surface area contributed by atoms with Gasteiger partial charge in [-0.25, -0.2) is 0 Å². The minimum absolute atomic E-state index is 0.145. The molecule has 0 aliphatic carbocycles. The molecular formula is C12H16O3P. The monoisotopic (exact) mass is 239 g/mol. The van der Waals surface area contributed by atoms with Crippen LogP contribution in [0.2, 0.25) is 0 Å². The van der Waals surface area contributed by atoms with Crippen molar-refractivity contribution in [3.05, 3.63) is 35.9 Å². The molecular weight excluding hydrogens is 223 g/mol. The Morgan fingerprint density at radius 1 is 1.25 bits per heavy atom. The average molecular weight is 239 g/mol. The first-order chi connectivity index (χ1) is 7.76. The zero-order valence-electron chi connectivity index (χ0n) is 9.60. The van der Waals surface area contributed by atoms with E-state index in [0.29, 0.717) is 19.6 Å². The topological polar surface area (TPSA) is 35.5 Å². The molecule has 0 heterocycles. The lowest BCUT2D eigenvalue weighted by molar-refractivity contribution is -0.168. The first kappa shape index (κ1) is 13.3. The third-order valence-corrected chi connectivity index (χ3v) is 2.79. The molecule has 0 bridgehead atoms. The average Bonchev–Trinajstić information content (AvgIpc) is 2.31. The van der Waals surface area contributed by atoms with Gasteiger partial charge in [-0.2, -0.15) is 0 Å². The number of hydrogen-bond acceptors (Lipinski definition) is 3. The Labute approximate surface area is 98.0 Å². The van der Waals surface area contributed by atoms with E-state index in [2.05, 4.69) is 6.07 Å². The van der Waals surface area contributed by atoms with Gasteiger partial charge in [-0.15, -0.1) is 0 Å². The molecule has 0 saturated carbocycles. The molecule has 1 aromatic rings. The maximum absolute atomic E-state index is 11.3. The van der Waals surface area contributed by atoms with Crippen LogP contribution in [0.1, 0.15) is 19.4 Å². The van der Waals surface area contributed by atoms with Crippen LogP contribution in [0.15, 0.2) is 24.3 Å². The van der Waals surface area contributed by atoms with E-state index in [9.17, 15) is 4.57 Å². The molecule has 4 heteroatoms. The molecule has 0 unspecified atom stereocenters.